The highest BCUT2D eigenvalue weighted by molar-refractivity contribution is 5.94. The number of carbonyl (C=O) groups excluding carboxylic acids is 1. The van der Waals surface area contributed by atoms with E-state index in [1.165, 1.54) is 12.1 Å². The molecule has 0 radical (unpaired) electrons. The maximum Gasteiger partial charge on any atom is 0.251 e. The van der Waals surface area contributed by atoms with Crippen LogP contribution in [0.3, 0.4) is 0 Å². The standard InChI is InChI=1S/C17H22FNO2/c1-17(2,3)9-10-19-16(21)14-8-7-13(15(18)12-14)6-4-5-11-20/h7-8,12,20H,5,9-11H2,1-3H3,(H,19,21). The van der Waals surface area contributed by atoms with Gasteiger partial charge in [0, 0.05) is 18.5 Å². The van der Waals surface area contributed by atoms with Crippen molar-refractivity contribution in [3.05, 3.63) is 35.1 Å². The lowest BCUT2D eigenvalue weighted by atomic mass is 9.92. The molecule has 1 amide bonds. The summed E-state index contributed by atoms with van der Waals surface area (Å²) in [4.78, 5) is 11.9. The van der Waals surface area contributed by atoms with Crippen molar-refractivity contribution in [2.75, 3.05) is 13.2 Å². The molecule has 21 heavy (non-hydrogen) atoms. The van der Waals surface area contributed by atoms with Crippen LogP contribution in [0.5, 0.6) is 0 Å². The molecule has 0 bridgehead atoms. The normalized spacial score (nSPS) is 10.7. The van der Waals surface area contributed by atoms with E-state index < -0.39 is 5.82 Å². The van der Waals surface area contributed by atoms with E-state index in [4.69, 9.17) is 5.11 Å². The average molecular weight is 291 g/mol. The van der Waals surface area contributed by atoms with Crippen molar-refractivity contribution >= 4 is 5.91 Å². The first-order chi connectivity index (χ1) is 9.83. The minimum atomic E-state index is -0.524. The van der Waals surface area contributed by atoms with E-state index in [9.17, 15) is 9.18 Å². The number of amides is 1. The van der Waals surface area contributed by atoms with E-state index in [0.29, 0.717) is 13.0 Å². The molecule has 0 saturated heterocycles. The molecular weight excluding hydrogens is 269 g/mol. The second-order valence-electron chi connectivity index (χ2n) is 6.04. The zero-order valence-corrected chi connectivity index (χ0v) is 12.8. The summed E-state index contributed by atoms with van der Waals surface area (Å²) in [7, 11) is 0. The first-order valence-corrected chi connectivity index (χ1v) is 7.01. The van der Waals surface area contributed by atoms with Crippen molar-refractivity contribution in [2.24, 2.45) is 5.41 Å². The van der Waals surface area contributed by atoms with Crippen LogP contribution < -0.4 is 5.32 Å². The summed E-state index contributed by atoms with van der Waals surface area (Å²) in [5, 5.41) is 11.4. The third-order valence-electron chi connectivity index (χ3n) is 2.85. The molecule has 0 saturated carbocycles. The number of nitrogens with one attached hydrogen (secondary N) is 1. The Morgan fingerprint density at radius 1 is 1.38 bits per heavy atom. The fourth-order valence-corrected chi connectivity index (χ4v) is 1.62. The number of aliphatic hydroxyl groups is 1. The summed E-state index contributed by atoms with van der Waals surface area (Å²) in [6, 6.07) is 4.23. The van der Waals surface area contributed by atoms with Gasteiger partial charge in [0.15, 0.2) is 0 Å². The van der Waals surface area contributed by atoms with Crippen LogP contribution in [0.25, 0.3) is 0 Å². The summed E-state index contributed by atoms with van der Waals surface area (Å²) in [6.45, 7) is 6.79. The van der Waals surface area contributed by atoms with Gasteiger partial charge < -0.3 is 10.4 Å². The summed E-state index contributed by atoms with van der Waals surface area (Å²) in [6.07, 6.45) is 1.15. The van der Waals surface area contributed by atoms with Crippen molar-refractivity contribution in [1.29, 1.82) is 0 Å². The Kier molecular flexibility index (Phi) is 6.39. The maximum atomic E-state index is 13.8. The van der Waals surface area contributed by atoms with Gasteiger partial charge in [0.25, 0.3) is 5.91 Å². The molecule has 3 nitrogen and oxygen atoms in total. The molecule has 1 aromatic carbocycles. The Morgan fingerprint density at radius 2 is 2.10 bits per heavy atom. The Morgan fingerprint density at radius 3 is 2.67 bits per heavy atom. The van der Waals surface area contributed by atoms with E-state index in [2.05, 4.69) is 37.9 Å². The predicted molar refractivity (Wildman–Crippen MR) is 81.4 cm³/mol. The summed E-state index contributed by atoms with van der Waals surface area (Å²) in [5.74, 6) is 4.47. The molecule has 0 aliphatic heterocycles. The lowest BCUT2D eigenvalue weighted by Gasteiger charge is -2.18. The van der Waals surface area contributed by atoms with Crippen molar-refractivity contribution in [2.45, 2.75) is 33.6 Å². The first kappa shape index (κ1) is 17.2. The quantitative estimate of drug-likeness (QED) is 0.838. The van der Waals surface area contributed by atoms with Gasteiger partial charge in [-0.3, -0.25) is 4.79 Å². The van der Waals surface area contributed by atoms with E-state index >= 15 is 0 Å². The van der Waals surface area contributed by atoms with Gasteiger partial charge in [-0.25, -0.2) is 4.39 Å². The van der Waals surface area contributed by atoms with Crippen molar-refractivity contribution < 1.29 is 14.3 Å². The third kappa shape index (κ3) is 6.42. The monoisotopic (exact) mass is 291 g/mol. The Bertz CT molecular complexity index is 550. The SMILES string of the molecule is CC(C)(C)CCNC(=O)c1ccc(C#CCCO)c(F)c1. The minimum Gasteiger partial charge on any atom is -0.395 e. The van der Waals surface area contributed by atoms with Crippen LogP contribution in [0, 0.1) is 23.1 Å². The minimum absolute atomic E-state index is 0.0527. The highest BCUT2D eigenvalue weighted by Gasteiger charge is 2.12. The largest absolute Gasteiger partial charge is 0.395 e. The molecule has 2 N–H and O–H groups in total. The van der Waals surface area contributed by atoms with E-state index in [-0.39, 0.29) is 29.1 Å². The predicted octanol–water partition coefficient (Wildman–Crippen LogP) is 2.73. The van der Waals surface area contributed by atoms with Crippen molar-refractivity contribution in [3.8, 4) is 11.8 Å². The number of aliphatic hydroxyl groups excluding tert-OH is 1. The number of halogens is 1. The number of carbonyl (C=O) groups is 1. The maximum absolute atomic E-state index is 13.8. The van der Waals surface area contributed by atoms with E-state index in [1.54, 1.807) is 6.07 Å². The third-order valence-corrected chi connectivity index (χ3v) is 2.85. The Balaban J connectivity index is 2.66. The lowest BCUT2D eigenvalue weighted by molar-refractivity contribution is 0.0949. The summed E-state index contributed by atoms with van der Waals surface area (Å²) in [5.41, 5.74) is 0.661. The topological polar surface area (TPSA) is 49.3 Å². The fraction of sp³-hybridized carbons (Fsp3) is 0.471. The molecule has 0 atom stereocenters. The van der Waals surface area contributed by atoms with E-state index in [0.717, 1.165) is 6.42 Å². The van der Waals surface area contributed by atoms with Crippen LogP contribution in [0.1, 0.15) is 49.5 Å². The molecule has 0 aliphatic rings. The molecule has 4 heteroatoms. The van der Waals surface area contributed by atoms with Gasteiger partial charge in [-0.1, -0.05) is 32.6 Å². The van der Waals surface area contributed by atoms with Gasteiger partial charge >= 0.3 is 0 Å². The van der Waals surface area contributed by atoms with Crippen LogP contribution >= 0.6 is 0 Å². The molecule has 1 rings (SSSR count). The highest BCUT2D eigenvalue weighted by Crippen LogP contribution is 2.17. The number of rotatable bonds is 4. The molecule has 0 aliphatic carbocycles. The smallest absolute Gasteiger partial charge is 0.251 e. The van der Waals surface area contributed by atoms with Crippen LogP contribution in [-0.4, -0.2) is 24.2 Å². The highest BCUT2D eigenvalue weighted by atomic mass is 19.1. The zero-order valence-electron chi connectivity index (χ0n) is 12.8. The van der Waals surface area contributed by atoms with Crippen LogP contribution in [0.2, 0.25) is 0 Å². The molecule has 0 fully saturated rings. The number of benzene rings is 1. The summed E-state index contributed by atoms with van der Waals surface area (Å²) >= 11 is 0. The molecule has 1 aromatic rings. The Labute approximate surface area is 125 Å². The van der Waals surface area contributed by atoms with Crippen LogP contribution in [0.15, 0.2) is 18.2 Å². The lowest BCUT2D eigenvalue weighted by Crippen LogP contribution is -2.27. The number of hydrogen-bond acceptors (Lipinski definition) is 2. The van der Waals surface area contributed by atoms with Gasteiger partial charge in [0.05, 0.1) is 12.2 Å². The molecule has 114 valence electrons. The Hall–Kier alpha value is -1.86. The van der Waals surface area contributed by atoms with Gasteiger partial charge in [-0.2, -0.15) is 0 Å². The van der Waals surface area contributed by atoms with Crippen LogP contribution in [-0.2, 0) is 0 Å². The zero-order chi connectivity index (χ0) is 15.9. The van der Waals surface area contributed by atoms with Crippen molar-refractivity contribution in [3.63, 3.8) is 0 Å². The molecule has 0 spiro atoms. The second kappa shape index (κ2) is 7.80. The molecule has 0 unspecified atom stereocenters. The van der Waals surface area contributed by atoms with Gasteiger partial charge in [-0.15, -0.1) is 0 Å². The van der Waals surface area contributed by atoms with Gasteiger partial charge in [0.1, 0.15) is 5.82 Å². The molecular formula is C17H22FNO2. The number of hydrogen-bond donors (Lipinski definition) is 2. The van der Waals surface area contributed by atoms with Gasteiger partial charge in [0.2, 0.25) is 0 Å². The second-order valence-corrected chi connectivity index (χ2v) is 6.04. The fourth-order valence-electron chi connectivity index (χ4n) is 1.62. The molecule has 0 aromatic heterocycles. The first-order valence-electron chi connectivity index (χ1n) is 7.01. The van der Waals surface area contributed by atoms with Crippen molar-refractivity contribution in [1.82, 2.24) is 5.32 Å². The van der Waals surface area contributed by atoms with Crippen LogP contribution in [0.4, 0.5) is 4.39 Å². The van der Waals surface area contributed by atoms with Gasteiger partial charge in [-0.05, 0) is 30.0 Å². The molecule has 0 heterocycles. The van der Waals surface area contributed by atoms with E-state index in [1.807, 2.05) is 0 Å². The summed E-state index contributed by atoms with van der Waals surface area (Å²) < 4.78 is 13.8. The average Bonchev–Trinajstić information content (AvgIpc) is 2.39.